The van der Waals surface area contributed by atoms with Crippen LogP contribution in [-0.2, 0) is 16.0 Å². The minimum Gasteiger partial charge on any atom is -0.396 e. The van der Waals surface area contributed by atoms with Gasteiger partial charge in [0.1, 0.15) is 0 Å². The number of hydrogen-bond acceptors (Lipinski definition) is 6. The van der Waals surface area contributed by atoms with Crippen LogP contribution in [-0.4, -0.2) is 35.3 Å². The van der Waals surface area contributed by atoms with E-state index in [9.17, 15) is 14.4 Å². The van der Waals surface area contributed by atoms with Gasteiger partial charge in [-0.1, -0.05) is 12.1 Å². The van der Waals surface area contributed by atoms with Crippen LogP contribution in [0.3, 0.4) is 0 Å². The van der Waals surface area contributed by atoms with Crippen molar-refractivity contribution in [3.8, 4) is 0 Å². The largest absolute Gasteiger partial charge is 0.396 e. The number of aliphatic hydroxyl groups excluding tert-OH is 1. The lowest BCUT2D eigenvalue weighted by Crippen LogP contribution is -2.56. The Morgan fingerprint density at radius 3 is 2.20 bits per heavy atom. The molecular formula is C12H12N4O4. The molecule has 1 aromatic rings. The zero-order chi connectivity index (χ0) is 14.5. The topological polar surface area (TPSA) is 120 Å². The summed E-state index contributed by atoms with van der Waals surface area (Å²) >= 11 is 0. The molecule has 2 rings (SSSR count). The van der Waals surface area contributed by atoms with Gasteiger partial charge in [0.05, 0.1) is 5.69 Å². The fourth-order valence-corrected chi connectivity index (χ4v) is 1.56. The molecule has 0 saturated carbocycles. The molecule has 8 heteroatoms. The highest BCUT2D eigenvalue weighted by atomic mass is 16.3. The first-order chi connectivity index (χ1) is 9.60. The van der Waals surface area contributed by atoms with Crippen LogP contribution in [0.1, 0.15) is 5.56 Å². The second-order valence-corrected chi connectivity index (χ2v) is 3.98. The number of aliphatic hydroxyl groups is 1. The standard InChI is InChI=1S/C12H12N4O4/c17-6-5-7-1-3-8(4-2-7)15-16-9-10(18)13-12(20)14-11(9)19/h1-4,15,17H,5-6H2,(H2,13,14,18,19,20). The number of hydrazone groups is 1. The average Bonchev–Trinajstić information content (AvgIpc) is 2.39. The first-order valence-electron chi connectivity index (χ1n) is 5.80. The molecule has 0 aromatic heterocycles. The van der Waals surface area contributed by atoms with E-state index in [0.29, 0.717) is 12.1 Å². The summed E-state index contributed by atoms with van der Waals surface area (Å²) in [5.41, 5.74) is 3.64. The van der Waals surface area contributed by atoms with Gasteiger partial charge in [0.2, 0.25) is 5.71 Å². The number of nitrogens with zero attached hydrogens (tertiary/aromatic N) is 1. The van der Waals surface area contributed by atoms with E-state index in [0.717, 1.165) is 5.56 Å². The zero-order valence-corrected chi connectivity index (χ0v) is 10.3. The number of anilines is 1. The zero-order valence-electron chi connectivity index (χ0n) is 10.3. The van der Waals surface area contributed by atoms with Gasteiger partial charge in [-0.2, -0.15) is 5.10 Å². The molecule has 4 N–H and O–H groups in total. The van der Waals surface area contributed by atoms with Crippen molar-refractivity contribution in [1.29, 1.82) is 0 Å². The molecule has 1 aliphatic rings. The molecule has 1 heterocycles. The Bertz CT molecular complexity index is 558. The number of nitrogens with one attached hydrogen (secondary N) is 3. The summed E-state index contributed by atoms with van der Waals surface area (Å²) in [6, 6.07) is 6.08. The summed E-state index contributed by atoms with van der Waals surface area (Å²) in [6.45, 7) is 0.0590. The number of urea groups is 1. The molecule has 0 atom stereocenters. The van der Waals surface area contributed by atoms with Crippen LogP contribution >= 0.6 is 0 Å². The molecule has 0 unspecified atom stereocenters. The van der Waals surface area contributed by atoms with Crippen LogP contribution in [0.4, 0.5) is 10.5 Å². The highest BCUT2D eigenvalue weighted by Crippen LogP contribution is 2.10. The number of hydrogen-bond donors (Lipinski definition) is 4. The van der Waals surface area contributed by atoms with Gasteiger partial charge in [-0.25, -0.2) is 4.79 Å². The number of amides is 4. The smallest absolute Gasteiger partial charge is 0.328 e. The third kappa shape index (κ3) is 3.18. The molecule has 0 radical (unpaired) electrons. The van der Waals surface area contributed by atoms with E-state index in [1.165, 1.54) is 0 Å². The maximum atomic E-state index is 11.4. The van der Waals surface area contributed by atoms with Gasteiger partial charge in [0, 0.05) is 6.61 Å². The summed E-state index contributed by atoms with van der Waals surface area (Å²) in [7, 11) is 0. The molecule has 0 spiro atoms. The molecule has 1 aromatic carbocycles. The van der Waals surface area contributed by atoms with Crippen LogP contribution in [0.5, 0.6) is 0 Å². The summed E-state index contributed by atoms with van der Waals surface area (Å²) in [6.07, 6.45) is 0.543. The Kier molecular flexibility index (Phi) is 4.06. The Balaban J connectivity index is 2.06. The monoisotopic (exact) mass is 276 g/mol. The van der Waals surface area contributed by atoms with Crippen molar-refractivity contribution in [2.24, 2.45) is 5.10 Å². The maximum Gasteiger partial charge on any atom is 0.328 e. The molecule has 1 saturated heterocycles. The Morgan fingerprint density at radius 2 is 1.65 bits per heavy atom. The van der Waals surface area contributed by atoms with Gasteiger partial charge >= 0.3 is 6.03 Å². The lowest BCUT2D eigenvalue weighted by atomic mass is 10.1. The molecule has 0 bridgehead atoms. The highest BCUT2D eigenvalue weighted by molar-refractivity contribution is 6.68. The van der Waals surface area contributed by atoms with Gasteiger partial charge in [-0.05, 0) is 24.1 Å². The first kappa shape index (κ1) is 13.7. The van der Waals surface area contributed by atoms with Crippen LogP contribution in [0.25, 0.3) is 0 Å². The Morgan fingerprint density at radius 1 is 1.05 bits per heavy atom. The van der Waals surface area contributed by atoms with Crippen molar-refractivity contribution >= 4 is 29.2 Å². The Hall–Kier alpha value is -2.74. The van der Waals surface area contributed by atoms with Crippen molar-refractivity contribution in [2.45, 2.75) is 6.42 Å². The predicted molar refractivity (Wildman–Crippen MR) is 70.0 cm³/mol. The van der Waals surface area contributed by atoms with Crippen LogP contribution in [0.2, 0.25) is 0 Å². The maximum absolute atomic E-state index is 11.4. The number of carbonyl (C=O) groups is 3. The molecular weight excluding hydrogens is 264 g/mol. The lowest BCUT2D eigenvalue weighted by Gasteiger charge is -2.12. The predicted octanol–water partition coefficient (Wildman–Crippen LogP) is -0.645. The molecule has 8 nitrogen and oxygen atoms in total. The molecule has 20 heavy (non-hydrogen) atoms. The SMILES string of the molecule is O=C1NC(=O)C(=NNc2ccc(CCO)cc2)C(=O)N1. The fraction of sp³-hybridized carbons (Fsp3) is 0.167. The van der Waals surface area contributed by atoms with E-state index in [-0.39, 0.29) is 6.61 Å². The molecule has 1 aliphatic heterocycles. The van der Waals surface area contributed by atoms with Crippen LogP contribution in [0.15, 0.2) is 29.4 Å². The second-order valence-electron chi connectivity index (χ2n) is 3.98. The van der Waals surface area contributed by atoms with Crippen molar-refractivity contribution in [1.82, 2.24) is 10.6 Å². The third-order valence-corrected chi connectivity index (χ3v) is 2.54. The lowest BCUT2D eigenvalue weighted by molar-refractivity contribution is -0.119. The third-order valence-electron chi connectivity index (χ3n) is 2.54. The van der Waals surface area contributed by atoms with Crippen molar-refractivity contribution in [3.63, 3.8) is 0 Å². The molecule has 1 fully saturated rings. The van der Waals surface area contributed by atoms with E-state index >= 15 is 0 Å². The Labute approximate surface area is 113 Å². The highest BCUT2D eigenvalue weighted by Gasteiger charge is 2.29. The molecule has 0 aliphatic carbocycles. The quantitative estimate of drug-likeness (QED) is 0.545. The van der Waals surface area contributed by atoms with Gasteiger partial charge in [0.15, 0.2) is 0 Å². The number of rotatable bonds is 4. The van der Waals surface area contributed by atoms with Crippen molar-refractivity contribution in [3.05, 3.63) is 29.8 Å². The number of barbiturate groups is 1. The van der Waals surface area contributed by atoms with E-state index < -0.39 is 23.6 Å². The summed E-state index contributed by atoms with van der Waals surface area (Å²) in [5.74, 6) is -1.72. The van der Waals surface area contributed by atoms with Crippen LogP contribution < -0.4 is 16.1 Å². The van der Waals surface area contributed by atoms with E-state index in [1.54, 1.807) is 24.3 Å². The summed E-state index contributed by atoms with van der Waals surface area (Å²) in [5, 5.41) is 16.3. The van der Waals surface area contributed by atoms with Gasteiger partial charge in [-0.3, -0.25) is 25.6 Å². The van der Waals surface area contributed by atoms with E-state index in [1.807, 2.05) is 10.6 Å². The number of benzene rings is 1. The van der Waals surface area contributed by atoms with E-state index in [4.69, 9.17) is 5.11 Å². The van der Waals surface area contributed by atoms with Crippen molar-refractivity contribution in [2.75, 3.05) is 12.0 Å². The average molecular weight is 276 g/mol. The van der Waals surface area contributed by atoms with Crippen LogP contribution in [0, 0.1) is 0 Å². The number of imide groups is 2. The number of carbonyl (C=O) groups excluding carboxylic acids is 3. The second kappa shape index (κ2) is 5.93. The molecule has 104 valence electrons. The molecule has 4 amide bonds. The minimum absolute atomic E-state index is 0.0590. The first-order valence-corrected chi connectivity index (χ1v) is 5.80. The summed E-state index contributed by atoms with van der Waals surface area (Å²) in [4.78, 5) is 33.6. The van der Waals surface area contributed by atoms with Gasteiger partial charge in [-0.15, -0.1) is 0 Å². The van der Waals surface area contributed by atoms with Gasteiger partial charge in [0.25, 0.3) is 11.8 Å². The fourth-order valence-electron chi connectivity index (χ4n) is 1.56. The summed E-state index contributed by atoms with van der Waals surface area (Å²) < 4.78 is 0. The van der Waals surface area contributed by atoms with E-state index in [2.05, 4.69) is 10.5 Å². The van der Waals surface area contributed by atoms with Crippen molar-refractivity contribution < 1.29 is 19.5 Å². The van der Waals surface area contributed by atoms with Gasteiger partial charge < -0.3 is 5.11 Å². The normalized spacial score (nSPS) is 14.7. The minimum atomic E-state index is -0.868.